The first-order valence-electron chi connectivity index (χ1n) is 6.80. The molecule has 1 unspecified atom stereocenters. The highest BCUT2D eigenvalue weighted by atomic mass is 16.6. The molecule has 7 nitrogen and oxygen atoms in total. The summed E-state index contributed by atoms with van der Waals surface area (Å²) < 4.78 is 10.3. The number of methoxy groups -OCH3 is 1. The van der Waals surface area contributed by atoms with Crippen LogP contribution < -0.4 is 10.1 Å². The third kappa shape index (κ3) is 5.97. The molecule has 0 saturated carbocycles. The summed E-state index contributed by atoms with van der Waals surface area (Å²) in [4.78, 5) is 10.5. The minimum atomic E-state index is -0.535. The van der Waals surface area contributed by atoms with Crippen LogP contribution in [0.1, 0.15) is 20.3 Å². The summed E-state index contributed by atoms with van der Waals surface area (Å²) in [5.74, 6) is 0.234. The maximum Gasteiger partial charge on any atom is 0.311 e. The topological polar surface area (TPSA) is 93.9 Å². The van der Waals surface area contributed by atoms with Gasteiger partial charge in [0.15, 0.2) is 5.75 Å². The molecular formula is C14H22N2O5. The van der Waals surface area contributed by atoms with Gasteiger partial charge in [0.25, 0.3) is 0 Å². The van der Waals surface area contributed by atoms with Gasteiger partial charge in [-0.1, -0.05) is 0 Å². The van der Waals surface area contributed by atoms with Crippen molar-refractivity contribution in [2.45, 2.75) is 32.5 Å². The number of nitrogens with one attached hydrogen (secondary N) is 1. The molecule has 0 amide bonds. The molecule has 0 aliphatic rings. The Kier molecular flexibility index (Phi) is 6.90. The molecule has 0 radical (unpaired) electrons. The second kappa shape index (κ2) is 8.43. The van der Waals surface area contributed by atoms with Crippen LogP contribution in [0.2, 0.25) is 0 Å². The summed E-state index contributed by atoms with van der Waals surface area (Å²) in [6, 6.07) is 4.63. The molecule has 1 rings (SSSR count). The number of nitro groups is 1. The normalized spacial score (nSPS) is 12.2. The first-order valence-corrected chi connectivity index (χ1v) is 6.80. The molecule has 0 bridgehead atoms. The lowest BCUT2D eigenvalue weighted by Gasteiger charge is -2.13. The van der Waals surface area contributed by atoms with Crippen molar-refractivity contribution < 1.29 is 19.5 Å². The second-order valence-corrected chi connectivity index (χ2v) is 4.93. The van der Waals surface area contributed by atoms with Crippen molar-refractivity contribution in [1.82, 2.24) is 0 Å². The number of hydrogen-bond acceptors (Lipinski definition) is 6. The minimum absolute atomic E-state index is 0.0614. The summed E-state index contributed by atoms with van der Waals surface area (Å²) in [7, 11) is 1.53. The summed E-state index contributed by atoms with van der Waals surface area (Å²) >= 11 is 0. The first-order chi connectivity index (χ1) is 9.93. The highest BCUT2D eigenvalue weighted by molar-refractivity contribution is 5.58. The van der Waals surface area contributed by atoms with Gasteiger partial charge in [0.1, 0.15) is 0 Å². The molecule has 1 aromatic carbocycles. The average Bonchev–Trinajstić information content (AvgIpc) is 2.38. The molecule has 0 spiro atoms. The molecule has 0 aliphatic carbocycles. The van der Waals surface area contributed by atoms with Gasteiger partial charge >= 0.3 is 5.69 Å². The zero-order valence-corrected chi connectivity index (χ0v) is 12.5. The quantitative estimate of drug-likeness (QED) is 0.536. The fraction of sp³-hybridized carbons (Fsp3) is 0.571. The van der Waals surface area contributed by atoms with E-state index >= 15 is 0 Å². The second-order valence-electron chi connectivity index (χ2n) is 4.93. The highest BCUT2D eigenvalue weighted by Gasteiger charge is 2.16. The Balaban J connectivity index is 2.69. The van der Waals surface area contributed by atoms with Gasteiger partial charge < -0.3 is 19.9 Å². The Labute approximate surface area is 124 Å². The van der Waals surface area contributed by atoms with Crippen molar-refractivity contribution in [3.05, 3.63) is 28.3 Å². The van der Waals surface area contributed by atoms with Crippen molar-refractivity contribution in [2.75, 3.05) is 25.6 Å². The predicted molar refractivity (Wildman–Crippen MR) is 79.8 cm³/mol. The van der Waals surface area contributed by atoms with Crippen LogP contribution in [-0.4, -0.2) is 42.5 Å². The molecule has 0 aliphatic heterocycles. The van der Waals surface area contributed by atoms with Crippen molar-refractivity contribution in [1.29, 1.82) is 0 Å². The van der Waals surface area contributed by atoms with E-state index in [9.17, 15) is 15.2 Å². The molecule has 21 heavy (non-hydrogen) atoms. The first kappa shape index (κ1) is 17.2. The number of hydrogen-bond donors (Lipinski definition) is 2. The minimum Gasteiger partial charge on any atom is -0.484 e. The highest BCUT2D eigenvalue weighted by Crippen LogP contribution is 2.30. The fourth-order valence-electron chi connectivity index (χ4n) is 1.78. The molecule has 1 aromatic rings. The van der Waals surface area contributed by atoms with Gasteiger partial charge in [0, 0.05) is 31.5 Å². The number of nitrogens with zero attached hydrogens (tertiary/aromatic N) is 1. The molecular weight excluding hydrogens is 276 g/mol. The fourth-order valence-corrected chi connectivity index (χ4v) is 1.78. The van der Waals surface area contributed by atoms with Crippen LogP contribution in [0.4, 0.5) is 11.4 Å². The standard InChI is InChI=1S/C14H22N2O5/c1-10(2)21-14-8-11(4-5-13(14)16(18)19)15-7-6-12(17)9-20-3/h4-5,8,10,12,15,17H,6-7,9H2,1-3H3. The van der Waals surface area contributed by atoms with E-state index in [0.29, 0.717) is 18.7 Å². The molecule has 2 N–H and O–H groups in total. The van der Waals surface area contributed by atoms with Gasteiger partial charge in [-0.15, -0.1) is 0 Å². The number of nitro benzene ring substituents is 1. The van der Waals surface area contributed by atoms with Crippen LogP contribution in [0.5, 0.6) is 5.75 Å². The average molecular weight is 298 g/mol. The smallest absolute Gasteiger partial charge is 0.311 e. The lowest BCUT2D eigenvalue weighted by molar-refractivity contribution is -0.386. The number of benzene rings is 1. The van der Waals surface area contributed by atoms with Gasteiger partial charge in [-0.3, -0.25) is 10.1 Å². The number of aliphatic hydroxyl groups is 1. The van der Waals surface area contributed by atoms with Crippen molar-refractivity contribution >= 4 is 11.4 Å². The molecule has 118 valence electrons. The lowest BCUT2D eigenvalue weighted by atomic mass is 10.2. The molecule has 1 atom stereocenters. The van der Waals surface area contributed by atoms with Crippen molar-refractivity contribution in [3.8, 4) is 5.75 Å². The van der Waals surface area contributed by atoms with Gasteiger partial charge in [-0.05, 0) is 26.3 Å². The van der Waals surface area contributed by atoms with E-state index in [-0.39, 0.29) is 24.1 Å². The summed E-state index contributed by atoms with van der Waals surface area (Å²) in [5.41, 5.74) is 0.648. The zero-order valence-electron chi connectivity index (χ0n) is 12.5. The summed E-state index contributed by atoms with van der Waals surface area (Å²) in [6.07, 6.45) is -0.167. The third-order valence-electron chi connectivity index (χ3n) is 2.68. The third-order valence-corrected chi connectivity index (χ3v) is 2.68. The maximum absolute atomic E-state index is 10.9. The van der Waals surface area contributed by atoms with Crippen LogP contribution in [0.3, 0.4) is 0 Å². The van der Waals surface area contributed by atoms with Crippen LogP contribution in [0.15, 0.2) is 18.2 Å². The van der Waals surface area contributed by atoms with Gasteiger partial charge in [-0.25, -0.2) is 0 Å². The van der Waals surface area contributed by atoms with E-state index in [1.54, 1.807) is 12.1 Å². The molecule has 0 saturated heterocycles. The Morgan fingerprint density at radius 2 is 2.14 bits per heavy atom. The van der Waals surface area contributed by atoms with E-state index in [2.05, 4.69) is 5.32 Å². The van der Waals surface area contributed by atoms with E-state index in [4.69, 9.17) is 9.47 Å². The van der Waals surface area contributed by atoms with Crippen LogP contribution in [0, 0.1) is 10.1 Å². The van der Waals surface area contributed by atoms with Crippen LogP contribution >= 0.6 is 0 Å². The summed E-state index contributed by atoms with van der Waals surface area (Å²) in [5, 5.41) is 23.6. The van der Waals surface area contributed by atoms with Gasteiger partial charge in [0.05, 0.1) is 23.7 Å². The van der Waals surface area contributed by atoms with Crippen molar-refractivity contribution in [3.63, 3.8) is 0 Å². The number of ether oxygens (including phenoxy) is 2. The van der Waals surface area contributed by atoms with E-state index in [1.165, 1.54) is 13.2 Å². The lowest BCUT2D eigenvalue weighted by Crippen LogP contribution is -2.18. The van der Waals surface area contributed by atoms with E-state index < -0.39 is 11.0 Å². The van der Waals surface area contributed by atoms with Crippen LogP contribution in [0.25, 0.3) is 0 Å². The van der Waals surface area contributed by atoms with Crippen LogP contribution in [-0.2, 0) is 4.74 Å². The zero-order chi connectivity index (χ0) is 15.8. The Morgan fingerprint density at radius 3 is 2.71 bits per heavy atom. The Bertz CT molecular complexity index is 465. The van der Waals surface area contributed by atoms with Gasteiger partial charge in [-0.2, -0.15) is 0 Å². The predicted octanol–water partition coefficient (Wildman–Crippen LogP) is 2.19. The van der Waals surface area contributed by atoms with Crippen molar-refractivity contribution in [2.24, 2.45) is 0 Å². The summed E-state index contributed by atoms with van der Waals surface area (Å²) in [6.45, 7) is 4.43. The number of anilines is 1. The SMILES string of the molecule is COCC(O)CCNc1ccc([N+](=O)[O-])c(OC(C)C)c1. The Morgan fingerprint density at radius 1 is 1.43 bits per heavy atom. The maximum atomic E-state index is 10.9. The van der Waals surface area contributed by atoms with Gasteiger partial charge in [0.2, 0.25) is 0 Å². The monoisotopic (exact) mass is 298 g/mol. The molecule has 0 heterocycles. The molecule has 0 aromatic heterocycles. The van der Waals surface area contributed by atoms with E-state index in [1.807, 2.05) is 13.8 Å². The molecule has 0 fully saturated rings. The molecule has 7 heteroatoms. The number of rotatable bonds is 9. The Hall–Kier alpha value is -1.86. The largest absolute Gasteiger partial charge is 0.484 e. The number of aliphatic hydroxyl groups excluding tert-OH is 1. The van der Waals surface area contributed by atoms with E-state index in [0.717, 1.165) is 0 Å².